The summed E-state index contributed by atoms with van der Waals surface area (Å²) < 4.78 is 2.18. The van der Waals surface area contributed by atoms with Crippen LogP contribution >= 0.6 is 0 Å². The van der Waals surface area contributed by atoms with Crippen molar-refractivity contribution in [1.29, 1.82) is 0 Å². The Labute approximate surface area is 136 Å². The summed E-state index contributed by atoms with van der Waals surface area (Å²) in [6.45, 7) is 3.52. The molecule has 1 fully saturated rings. The van der Waals surface area contributed by atoms with E-state index in [1.165, 1.54) is 0 Å². The SMILES string of the molecule is Cc1nccn1[C@@H]1CCCN(C(=O)c2cccnc2N(C)C)C1. The Bertz CT molecular complexity index is 694. The molecule has 0 spiro atoms. The molecular weight excluding hydrogens is 290 g/mol. The number of carbonyl (C=O) groups is 1. The van der Waals surface area contributed by atoms with Gasteiger partial charge in [-0.25, -0.2) is 9.97 Å². The smallest absolute Gasteiger partial charge is 0.257 e. The first-order valence-corrected chi connectivity index (χ1v) is 7.99. The lowest BCUT2D eigenvalue weighted by Crippen LogP contribution is -2.41. The maximum atomic E-state index is 13.0. The van der Waals surface area contributed by atoms with Crippen LogP contribution in [0.1, 0.15) is 35.1 Å². The third-order valence-corrected chi connectivity index (χ3v) is 4.38. The van der Waals surface area contributed by atoms with Crippen LogP contribution in [-0.2, 0) is 0 Å². The highest BCUT2D eigenvalue weighted by Gasteiger charge is 2.27. The fourth-order valence-electron chi connectivity index (χ4n) is 3.23. The van der Waals surface area contributed by atoms with Crippen LogP contribution in [-0.4, -0.2) is 52.5 Å². The monoisotopic (exact) mass is 313 g/mol. The first-order chi connectivity index (χ1) is 11.1. The number of anilines is 1. The molecule has 0 unspecified atom stereocenters. The molecule has 0 radical (unpaired) electrons. The summed E-state index contributed by atoms with van der Waals surface area (Å²) in [4.78, 5) is 25.4. The quantitative estimate of drug-likeness (QED) is 0.871. The standard InChI is InChI=1S/C17H23N5O/c1-13-18-9-11-22(13)14-6-5-10-21(12-14)17(23)15-7-4-8-19-16(15)20(2)3/h4,7-9,11,14H,5-6,10,12H2,1-3H3/t14-/m1/s1. The van der Waals surface area contributed by atoms with E-state index in [9.17, 15) is 4.79 Å². The molecule has 6 nitrogen and oxygen atoms in total. The molecule has 0 saturated carbocycles. The van der Waals surface area contributed by atoms with Gasteiger partial charge in [0.1, 0.15) is 11.6 Å². The number of imidazole rings is 1. The molecule has 6 heteroatoms. The molecule has 1 aliphatic heterocycles. The third kappa shape index (κ3) is 3.06. The lowest BCUT2D eigenvalue weighted by molar-refractivity contribution is 0.0678. The van der Waals surface area contributed by atoms with Gasteiger partial charge in [-0.15, -0.1) is 0 Å². The molecule has 2 aromatic heterocycles. The molecule has 122 valence electrons. The third-order valence-electron chi connectivity index (χ3n) is 4.38. The minimum absolute atomic E-state index is 0.0595. The van der Waals surface area contributed by atoms with Crippen molar-refractivity contribution in [3.8, 4) is 0 Å². The van der Waals surface area contributed by atoms with E-state index in [1.807, 2.05) is 55.3 Å². The zero-order valence-electron chi connectivity index (χ0n) is 13.9. The number of carbonyl (C=O) groups excluding carboxylic acids is 1. The van der Waals surface area contributed by atoms with Gasteiger partial charge in [-0.2, -0.15) is 0 Å². The van der Waals surface area contributed by atoms with Crippen molar-refractivity contribution < 1.29 is 4.79 Å². The lowest BCUT2D eigenvalue weighted by atomic mass is 10.0. The van der Waals surface area contributed by atoms with Gasteiger partial charge in [0.2, 0.25) is 0 Å². The fourth-order valence-corrected chi connectivity index (χ4v) is 3.23. The van der Waals surface area contributed by atoms with Crippen LogP contribution in [0, 0.1) is 6.92 Å². The maximum absolute atomic E-state index is 13.0. The molecule has 0 N–H and O–H groups in total. The first kappa shape index (κ1) is 15.5. The zero-order chi connectivity index (χ0) is 16.4. The minimum Gasteiger partial charge on any atom is -0.362 e. The second-order valence-electron chi connectivity index (χ2n) is 6.20. The summed E-state index contributed by atoms with van der Waals surface area (Å²) in [7, 11) is 3.82. The molecule has 1 atom stereocenters. The Morgan fingerprint density at radius 1 is 1.30 bits per heavy atom. The van der Waals surface area contributed by atoms with Crippen molar-refractivity contribution in [2.75, 3.05) is 32.1 Å². The molecule has 3 heterocycles. The van der Waals surface area contributed by atoms with Gasteiger partial charge in [0, 0.05) is 45.8 Å². The summed E-state index contributed by atoms with van der Waals surface area (Å²) in [5.41, 5.74) is 0.667. The minimum atomic E-state index is 0.0595. The van der Waals surface area contributed by atoms with E-state index >= 15 is 0 Å². The average molecular weight is 313 g/mol. The number of amides is 1. The molecular formula is C17H23N5O. The number of pyridine rings is 1. The highest BCUT2D eigenvalue weighted by molar-refractivity contribution is 5.98. The van der Waals surface area contributed by atoms with Crippen LogP contribution in [0.5, 0.6) is 0 Å². The molecule has 2 aromatic rings. The molecule has 0 bridgehead atoms. The van der Waals surface area contributed by atoms with Gasteiger partial charge < -0.3 is 14.4 Å². The van der Waals surface area contributed by atoms with Gasteiger partial charge in [-0.05, 0) is 31.9 Å². The van der Waals surface area contributed by atoms with Crippen molar-refractivity contribution in [3.05, 3.63) is 42.1 Å². The van der Waals surface area contributed by atoms with E-state index in [0.717, 1.165) is 37.6 Å². The molecule has 1 amide bonds. The van der Waals surface area contributed by atoms with E-state index in [0.29, 0.717) is 11.6 Å². The van der Waals surface area contributed by atoms with Gasteiger partial charge in [0.05, 0.1) is 11.6 Å². The van der Waals surface area contributed by atoms with E-state index < -0.39 is 0 Å². The predicted molar refractivity (Wildman–Crippen MR) is 89.7 cm³/mol. The van der Waals surface area contributed by atoms with Gasteiger partial charge in [-0.3, -0.25) is 4.79 Å². The lowest BCUT2D eigenvalue weighted by Gasteiger charge is -2.34. The molecule has 1 aliphatic rings. The Balaban J connectivity index is 1.82. The van der Waals surface area contributed by atoms with Crippen LogP contribution in [0.3, 0.4) is 0 Å². The van der Waals surface area contributed by atoms with Crippen LogP contribution < -0.4 is 4.90 Å². The normalized spacial score (nSPS) is 18.0. The first-order valence-electron chi connectivity index (χ1n) is 7.99. The Morgan fingerprint density at radius 3 is 2.83 bits per heavy atom. The molecule has 3 rings (SSSR count). The number of aromatic nitrogens is 3. The van der Waals surface area contributed by atoms with Crippen LogP contribution in [0.25, 0.3) is 0 Å². The number of nitrogens with zero attached hydrogens (tertiary/aromatic N) is 5. The molecule has 23 heavy (non-hydrogen) atoms. The Kier molecular flexibility index (Phi) is 4.32. The average Bonchev–Trinajstić information content (AvgIpc) is 3.00. The van der Waals surface area contributed by atoms with Gasteiger partial charge >= 0.3 is 0 Å². The summed E-state index contributed by atoms with van der Waals surface area (Å²) in [5, 5.41) is 0. The maximum Gasteiger partial charge on any atom is 0.257 e. The van der Waals surface area contributed by atoms with Crippen molar-refractivity contribution in [2.45, 2.75) is 25.8 Å². The van der Waals surface area contributed by atoms with Gasteiger partial charge in [0.25, 0.3) is 5.91 Å². The summed E-state index contributed by atoms with van der Waals surface area (Å²) in [6, 6.07) is 3.98. The van der Waals surface area contributed by atoms with Crippen molar-refractivity contribution in [1.82, 2.24) is 19.4 Å². The van der Waals surface area contributed by atoms with E-state index in [1.54, 1.807) is 6.20 Å². The summed E-state index contributed by atoms with van der Waals surface area (Å²) in [5.74, 6) is 1.78. The fraction of sp³-hybridized carbons (Fsp3) is 0.471. The van der Waals surface area contributed by atoms with Gasteiger partial charge in [-0.1, -0.05) is 0 Å². The van der Waals surface area contributed by atoms with Crippen LogP contribution in [0.15, 0.2) is 30.7 Å². The number of hydrogen-bond donors (Lipinski definition) is 0. The van der Waals surface area contributed by atoms with Crippen molar-refractivity contribution in [3.63, 3.8) is 0 Å². The number of likely N-dealkylation sites (tertiary alicyclic amines) is 1. The number of aryl methyl sites for hydroxylation is 1. The summed E-state index contributed by atoms with van der Waals surface area (Å²) in [6.07, 6.45) is 7.63. The highest BCUT2D eigenvalue weighted by atomic mass is 16.2. The second kappa shape index (κ2) is 6.40. The zero-order valence-corrected chi connectivity index (χ0v) is 13.9. The van der Waals surface area contributed by atoms with E-state index in [2.05, 4.69) is 14.5 Å². The number of piperidine rings is 1. The molecule has 1 saturated heterocycles. The molecule has 0 aliphatic carbocycles. The van der Waals surface area contributed by atoms with E-state index in [-0.39, 0.29) is 5.91 Å². The van der Waals surface area contributed by atoms with Crippen LogP contribution in [0.2, 0.25) is 0 Å². The topological polar surface area (TPSA) is 54.3 Å². The molecule has 0 aromatic carbocycles. The highest BCUT2D eigenvalue weighted by Crippen LogP contribution is 2.25. The van der Waals surface area contributed by atoms with Gasteiger partial charge in [0.15, 0.2) is 0 Å². The predicted octanol–water partition coefficient (Wildman–Crippen LogP) is 2.13. The second-order valence-corrected chi connectivity index (χ2v) is 6.20. The Hall–Kier alpha value is -2.37. The van der Waals surface area contributed by atoms with E-state index in [4.69, 9.17) is 0 Å². The Morgan fingerprint density at radius 2 is 2.13 bits per heavy atom. The summed E-state index contributed by atoms with van der Waals surface area (Å²) >= 11 is 0. The number of rotatable bonds is 3. The largest absolute Gasteiger partial charge is 0.362 e. The van der Waals surface area contributed by atoms with Crippen molar-refractivity contribution in [2.24, 2.45) is 0 Å². The van der Waals surface area contributed by atoms with Crippen LogP contribution in [0.4, 0.5) is 5.82 Å². The number of hydrogen-bond acceptors (Lipinski definition) is 4. The van der Waals surface area contributed by atoms with Crippen molar-refractivity contribution >= 4 is 11.7 Å².